The second-order valence-electron chi connectivity index (χ2n) is 5.05. The van der Waals surface area contributed by atoms with Gasteiger partial charge in [-0.1, -0.05) is 19.8 Å². The fraction of sp³-hybridized carbons (Fsp3) is 0.714. The van der Waals surface area contributed by atoms with Crippen molar-refractivity contribution in [1.29, 1.82) is 0 Å². The molecule has 1 N–H and O–H groups in total. The molecule has 1 aliphatic rings. The number of halogens is 3. The first kappa shape index (κ1) is 20.7. The summed E-state index contributed by atoms with van der Waals surface area (Å²) in [6.07, 6.45) is 3.90. The Morgan fingerprint density at radius 2 is 2.00 bits per heavy atom. The molecule has 0 aliphatic carbocycles. The Kier molecular flexibility index (Phi) is 10.8. The molecular formula is C14H25BrCl2N2S. The smallest absolute Gasteiger partial charge is 0.0731 e. The lowest BCUT2D eigenvalue weighted by Gasteiger charge is -2.34. The molecular weight excluding hydrogens is 379 g/mol. The molecule has 1 aromatic rings. The SMILES string of the molecule is CCCC[C@@H](c1cc(C)c(Br)s1)N1CCNCC1.Cl.Cl. The van der Waals surface area contributed by atoms with Gasteiger partial charge in [0.1, 0.15) is 0 Å². The van der Waals surface area contributed by atoms with Gasteiger partial charge in [0.05, 0.1) is 3.79 Å². The van der Waals surface area contributed by atoms with Crippen LogP contribution in [0.25, 0.3) is 0 Å². The van der Waals surface area contributed by atoms with Gasteiger partial charge in [0.25, 0.3) is 0 Å². The fourth-order valence-electron chi connectivity index (χ4n) is 2.54. The van der Waals surface area contributed by atoms with Crippen LogP contribution in [-0.2, 0) is 0 Å². The van der Waals surface area contributed by atoms with Gasteiger partial charge in [-0.2, -0.15) is 0 Å². The highest BCUT2D eigenvalue weighted by atomic mass is 79.9. The minimum absolute atomic E-state index is 0. The maximum Gasteiger partial charge on any atom is 0.0731 e. The molecule has 0 saturated carbocycles. The van der Waals surface area contributed by atoms with Crippen LogP contribution < -0.4 is 5.32 Å². The first-order valence-corrected chi connectivity index (χ1v) is 8.54. The van der Waals surface area contributed by atoms with E-state index in [9.17, 15) is 0 Å². The second kappa shape index (κ2) is 10.4. The third-order valence-electron chi connectivity index (χ3n) is 3.63. The third-order valence-corrected chi connectivity index (χ3v) is 5.87. The van der Waals surface area contributed by atoms with E-state index in [1.165, 1.54) is 46.6 Å². The zero-order chi connectivity index (χ0) is 13.0. The lowest BCUT2D eigenvalue weighted by Crippen LogP contribution is -2.45. The topological polar surface area (TPSA) is 15.3 Å². The monoisotopic (exact) mass is 402 g/mol. The van der Waals surface area contributed by atoms with Gasteiger partial charge in [-0.15, -0.1) is 36.2 Å². The molecule has 0 radical (unpaired) electrons. The van der Waals surface area contributed by atoms with Crippen molar-refractivity contribution in [3.63, 3.8) is 0 Å². The van der Waals surface area contributed by atoms with Gasteiger partial charge in [-0.05, 0) is 40.9 Å². The van der Waals surface area contributed by atoms with E-state index in [2.05, 4.69) is 46.1 Å². The van der Waals surface area contributed by atoms with Gasteiger partial charge in [-0.3, -0.25) is 4.90 Å². The van der Waals surface area contributed by atoms with Gasteiger partial charge in [0, 0.05) is 37.1 Å². The Bertz CT molecular complexity index is 362. The van der Waals surface area contributed by atoms with Crippen LogP contribution in [0.2, 0.25) is 0 Å². The summed E-state index contributed by atoms with van der Waals surface area (Å²) in [5, 5.41) is 3.45. The lowest BCUT2D eigenvalue weighted by atomic mass is 10.1. The quantitative estimate of drug-likeness (QED) is 0.759. The van der Waals surface area contributed by atoms with Crippen LogP contribution >= 0.6 is 52.1 Å². The standard InChI is InChI=1S/C14H23BrN2S.2ClH/c1-3-4-5-12(17-8-6-16-7-9-17)13-10-11(2)14(15)18-13;;/h10,12,16H,3-9H2,1-2H3;2*1H/t12-;;/m0../s1. The number of hydrogen-bond donors (Lipinski definition) is 1. The van der Waals surface area contributed by atoms with E-state index < -0.39 is 0 Å². The molecule has 1 atom stereocenters. The number of nitrogens with zero attached hydrogens (tertiary/aromatic N) is 1. The summed E-state index contributed by atoms with van der Waals surface area (Å²) in [7, 11) is 0. The molecule has 1 saturated heterocycles. The Balaban J connectivity index is 0.00000180. The molecule has 6 heteroatoms. The molecule has 2 heterocycles. The summed E-state index contributed by atoms with van der Waals surface area (Å²) in [5.74, 6) is 0. The zero-order valence-electron chi connectivity index (χ0n) is 12.2. The van der Waals surface area contributed by atoms with Crippen molar-refractivity contribution in [2.75, 3.05) is 26.2 Å². The minimum atomic E-state index is 0. The number of piperazine rings is 1. The summed E-state index contributed by atoms with van der Waals surface area (Å²) < 4.78 is 1.30. The molecule has 1 aliphatic heterocycles. The molecule has 1 aromatic heterocycles. The number of thiophene rings is 1. The molecule has 1 fully saturated rings. The van der Waals surface area contributed by atoms with Gasteiger partial charge in [0.15, 0.2) is 0 Å². The van der Waals surface area contributed by atoms with Crippen molar-refractivity contribution in [1.82, 2.24) is 10.2 Å². The molecule has 118 valence electrons. The molecule has 0 aromatic carbocycles. The van der Waals surface area contributed by atoms with Crippen molar-refractivity contribution in [3.05, 3.63) is 20.3 Å². The van der Waals surface area contributed by atoms with Crippen LogP contribution in [0.3, 0.4) is 0 Å². The average Bonchev–Trinajstić information content (AvgIpc) is 2.71. The molecule has 20 heavy (non-hydrogen) atoms. The normalized spacial score (nSPS) is 17.1. The van der Waals surface area contributed by atoms with Gasteiger partial charge >= 0.3 is 0 Å². The first-order valence-electron chi connectivity index (χ1n) is 6.93. The van der Waals surface area contributed by atoms with Crippen molar-refractivity contribution in [3.8, 4) is 0 Å². The summed E-state index contributed by atoms with van der Waals surface area (Å²) in [6.45, 7) is 9.11. The highest BCUT2D eigenvalue weighted by molar-refractivity contribution is 9.11. The Hall–Kier alpha value is 0.680. The van der Waals surface area contributed by atoms with Crippen LogP contribution in [-0.4, -0.2) is 31.1 Å². The van der Waals surface area contributed by atoms with Gasteiger partial charge in [-0.25, -0.2) is 0 Å². The van der Waals surface area contributed by atoms with E-state index in [0.29, 0.717) is 6.04 Å². The lowest BCUT2D eigenvalue weighted by molar-refractivity contribution is 0.165. The van der Waals surface area contributed by atoms with Gasteiger partial charge in [0.2, 0.25) is 0 Å². The Morgan fingerprint density at radius 3 is 2.50 bits per heavy atom. The van der Waals surface area contributed by atoms with Crippen LogP contribution in [0.15, 0.2) is 9.85 Å². The van der Waals surface area contributed by atoms with E-state index in [4.69, 9.17) is 0 Å². The van der Waals surface area contributed by atoms with Crippen molar-refractivity contribution in [2.24, 2.45) is 0 Å². The molecule has 0 bridgehead atoms. The summed E-state index contributed by atoms with van der Waals surface area (Å²) in [5.41, 5.74) is 1.38. The molecule has 0 amide bonds. The Morgan fingerprint density at radius 1 is 1.35 bits per heavy atom. The van der Waals surface area contributed by atoms with Crippen LogP contribution in [0.1, 0.15) is 42.7 Å². The maximum absolute atomic E-state index is 3.66. The van der Waals surface area contributed by atoms with Crippen molar-refractivity contribution >= 4 is 52.1 Å². The Labute approximate surface area is 147 Å². The van der Waals surface area contributed by atoms with E-state index >= 15 is 0 Å². The maximum atomic E-state index is 3.66. The highest BCUT2D eigenvalue weighted by Crippen LogP contribution is 2.36. The molecule has 2 rings (SSSR count). The van der Waals surface area contributed by atoms with Crippen molar-refractivity contribution < 1.29 is 0 Å². The summed E-state index contributed by atoms with van der Waals surface area (Å²) in [4.78, 5) is 4.19. The number of nitrogens with one attached hydrogen (secondary N) is 1. The van der Waals surface area contributed by atoms with E-state index in [-0.39, 0.29) is 24.8 Å². The first-order chi connectivity index (χ1) is 8.72. The predicted molar refractivity (Wildman–Crippen MR) is 98.0 cm³/mol. The number of hydrogen-bond acceptors (Lipinski definition) is 3. The predicted octanol–water partition coefficient (Wildman–Crippen LogP) is 4.80. The van der Waals surface area contributed by atoms with Crippen LogP contribution in [0.5, 0.6) is 0 Å². The van der Waals surface area contributed by atoms with Crippen LogP contribution in [0, 0.1) is 6.92 Å². The van der Waals surface area contributed by atoms with E-state index in [1.54, 1.807) is 0 Å². The molecule has 0 unspecified atom stereocenters. The van der Waals surface area contributed by atoms with E-state index in [1.807, 2.05) is 11.3 Å². The van der Waals surface area contributed by atoms with Gasteiger partial charge < -0.3 is 5.32 Å². The third kappa shape index (κ3) is 5.47. The minimum Gasteiger partial charge on any atom is -0.314 e. The largest absolute Gasteiger partial charge is 0.314 e. The summed E-state index contributed by atoms with van der Waals surface area (Å²) >= 11 is 5.59. The molecule has 0 spiro atoms. The second-order valence-corrected chi connectivity index (χ2v) is 7.45. The summed E-state index contributed by atoms with van der Waals surface area (Å²) in [6, 6.07) is 3.00. The number of unbranched alkanes of at least 4 members (excludes halogenated alkanes) is 1. The highest BCUT2D eigenvalue weighted by Gasteiger charge is 2.23. The van der Waals surface area contributed by atoms with Crippen molar-refractivity contribution in [2.45, 2.75) is 39.2 Å². The van der Waals surface area contributed by atoms with E-state index in [0.717, 1.165) is 13.1 Å². The molecule has 2 nitrogen and oxygen atoms in total. The average molecular weight is 404 g/mol. The number of rotatable bonds is 5. The fourth-order valence-corrected chi connectivity index (χ4v) is 4.28. The van der Waals surface area contributed by atoms with Crippen LogP contribution in [0.4, 0.5) is 0 Å². The number of aryl methyl sites for hydroxylation is 1. The zero-order valence-corrected chi connectivity index (χ0v) is 16.2.